The quantitative estimate of drug-likeness (QED) is 0.490. The number of aryl methyl sites for hydroxylation is 1. The maximum atomic E-state index is 13.3. The first kappa shape index (κ1) is 18.2. The highest BCUT2D eigenvalue weighted by Crippen LogP contribution is 2.26. The van der Waals surface area contributed by atoms with Crippen molar-refractivity contribution in [1.82, 2.24) is 10.4 Å². The van der Waals surface area contributed by atoms with Crippen molar-refractivity contribution in [1.29, 1.82) is 0 Å². The smallest absolute Gasteiger partial charge is 0.267 e. The number of carbonyl (C=O) groups excluding carboxylic acids is 1. The molecule has 1 aliphatic rings. The molecule has 1 aliphatic carbocycles. The normalized spacial score (nSPS) is 14.1. The van der Waals surface area contributed by atoms with E-state index in [1.54, 1.807) is 18.2 Å². The van der Waals surface area contributed by atoms with Crippen molar-refractivity contribution in [2.24, 2.45) is 5.10 Å². The van der Waals surface area contributed by atoms with Crippen molar-refractivity contribution in [3.8, 4) is 11.3 Å². The van der Waals surface area contributed by atoms with Crippen LogP contribution in [0.15, 0.2) is 84.0 Å². The molecule has 0 unspecified atom stereocenters. The van der Waals surface area contributed by atoms with Gasteiger partial charge in [0.1, 0.15) is 5.82 Å². The summed E-state index contributed by atoms with van der Waals surface area (Å²) >= 11 is 0. The average Bonchev–Trinajstić information content (AvgIpc) is 3.20. The Hall–Kier alpha value is -3.86. The number of hydrogen-bond acceptors (Lipinski definition) is 3. The first-order chi connectivity index (χ1) is 14.7. The zero-order valence-electron chi connectivity index (χ0n) is 16.1. The van der Waals surface area contributed by atoms with Gasteiger partial charge in [-0.15, -0.1) is 0 Å². The molecule has 1 aromatic heterocycles. The molecular formula is C25H18FN3O. The molecule has 0 saturated carbocycles. The maximum absolute atomic E-state index is 13.3. The zero-order valence-corrected chi connectivity index (χ0v) is 16.1. The van der Waals surface area contributed by atoms with Gasteiger partial charge in [-0.3, -0.25) is 4.79 Å². The lowest BCUT2D eigenvalue weighted by Gasteiger charge is -2.09. The molecule has 146 valence electrons. The summed E-state index contributed by atoms with van der Waals surface area (Å²) in [4.78, 5) is 17.7. The fourth-order valence-electron chi connectivity index (χ4n) is 3.83. The lowest BCUT2D eigenvalue weighted by Crippen LogP contribution is -2.20. The van der Waals surface area contributed by atoms with Gasteiger partial charge in [-0.2, -0.15) is 5.10 Å². The maximum Gasteiger partial charge on any atom is 0.272 e. The highest BCUT2D eigenvalue weighted by molar-refractivity contribution is 6.09. The van der Waals surface area contributed by atoms with E-state index in [1.165, 1.54) is 17.7 Å². The molecule has 0 radical (unpaired) electrons. The summed E-state index contributed by atoms with van der Waals surface area (Å²) in [6.45, 7) is 0. The monoisotopic (exact) mass is 395 g/mol. The summed E-state index contributed by atoms with van der Waals surface area (Å²) in [5, 5.41) is 5.15. The van der Waals surface area contributed by atoms with Gasteiger partial charge in [0.15, 0.2) is 0 Å². The SMILES string of the molecule is O=C(N/N=C1/CCc2ccccc21)c1cc(-c2ccc(F)cc2)nc2ccccc12. The van der Waals surface area contributed by atoms with E-state index in [0.717, 1.165) is 35.1 Å². The van der Waals surface area contributed by atoms with Gasteiger partial charge in [0.05, 0.1) is 22.5 Å². The predicted octanol–water partition coefficient (Wildman–Crippen LogP) is 5.12. The summed E-state index contributed by atoms with van der Waals surface area (Å²) < 4.78 is 13.3. The van der Waals surface area contributed by atoms with Crippen LogP contribution in [0.2, 0.25) is 0 Å². The molecule has 1 N–H and O–H groups in total. The Morgan fingerprint density at radius 1 is 0.933 bits per heavy atom. The standard InChI is InChI=1S/C25H18FN3O/c26-18-12-9-17(10-13-18)24-15-21(20-7-3-4-8-22(20)27-24)25(30)29-28-23-14-11-16-5-1-2-6-19(16)23/h1-10,12-13,15H,11,14H2,(H,29,30)/b28-23-. The molecule has 0 atom stereocenters. The number of fused-ring (bicyclic) bond motifs is 2. The first-order valence-corrected chi connectivity index (χ1v) is 9.80. The third kappa shape index (κ3) is 3.35. The number of amides is 1. The van der Waals surface area contributed by atoms with E-state index in [2.05, 4.69) is 21.6 Å². The van der Waals surface area contributed by atoms with Crippen LogP contribution in [0, 0.1) is 5.82 Å². The van der Waals surface area contributed by atoms with E-state index in [0.29, 0.717) is 16.8 Å². The first-order valence-electron chi connectivity index (χ1n) is 9.80. The molecule has 0 aliphatic heterocycles. The summed E-state index contributed by atoms with van der Waals surface area (Å²) in [5.74, 6) is -0.612. The van der Waals surface area contributed by atoms with Crippen LogP contribution in [0.25, 0.3) is 22.2 Å². The van der Waals surface area contributed by atoms with Crippen LogP contribution < -0.4 is 5.43 Å². The number of rotatable bonds is 3. The third-order valence-electron chi connectivity index (χ3n) is 5.35. The van der Waals surface area contributed by atoms with Crippen LogP contribution >= 0.6 is 0 Å². The number of para-hydroxylation sites is 1. The summed E-state index contributed by atoms with van der Waals surface area (Å²) in [7, 11) is 0. The second kappa shape index (κ2) is 7.52. The van der Waals surface area contributed by atoms with Crippen LogP contribution in [0.4, 0.5) is 4.39 Å². The lowest BCUT2D eigenvalue weighted by molar-refractivity contribution is 0.0956. The van der Waals surface area contributed by atoms with Gasteiger partial charge in [0.25, 0.3) is 5.91 Å². The van der Waals surface area contributed by atoms with Gasteiger partial charge in [0.2, 0.25) is 0 Å². The highest BCUT2D eigenvalue weighted by atomic mass is 19.1. The van der Waals surface area contributed by atoms with Gasteiger partial charge in [-0.25, -0.2) is 14.8 Å². The molecule has 4 aromatic rings. The molecule has 1 amide bonds. The number of carbonyl (C=O) groups is 1. The highest BCUT2D eigenvalue weighted by Gasteiger charge is 2.18. The number of pyridine rings is 1. The molecule has 0 spiro atoms. The largest absolute Gasteiger partial charge is 0.272 e. The Morgan fingerprint density at radius 2 is 1.70 bits per heavy atom. The molecule has 1 heterocycles. The van der Waals surface area contributed by atoms with E-state index in [1.807, 2.05) is 42.5 Å². The van der Waals surface area contributed by atoms with E-state index < -0.39 is 0 Å². The van der Waals surface area contributed by atoms with Crippen molar-refractivity contribution in [2.75, 3.05) is 0 Å². The van der Waals surface area contributed by atoms with Crippen LogP contribution in [-0.2, 0) is 6.42 Å². The van der Waals surface area contributed by atoms with Gasteiger partial charge < -0.3 is 0 Å². The number of hydrazone groups is 1. The van der Waals surface area contributed by atoms with E-state index in [9.17, 15) is 9.18 Å². The number of halogens is 1. The van der Waals surface area contributed by atoms with Gasteiger partial charge in [0, 0.05) is 16.5 Å². The van der Waals surface area contributed by atoms with Crippen molar-refractivity contribution in [2.45, 2.75) is 12.8 Å². The second-order valence-corrected chi connectivity index (χ2v) is 7.24. The van der Waals surface area contributed by atoms with Crippen molar-refractivity contribution >= 4 is 22.5 Å². The minimum absolute atomic E-state index is 0.297. The average molecular weight is 395 g/mol. The fraction of sp³-hybridized carbons (Fsp3) is 0.0800. The van der Waals surface area contributed by atoms with Crippen LogP contribution in [-0.4, -0.2) is 16.6 Å². The Kier molecular flexibility index (Phi) is 4.56. The Morgan fingerprint density at radius 3 is 2.57 bits per heavy atom. The zero-order chi connectivity index (χ0) is 20.5. The van der Waals surface area contributed by atoms with Crippen molar-refractivity contribution in [3.63, 3.8) is 0 Å². The van der Waals surface area contributed by atoms with Crippen LogP contribution in [0.3, 0.4) is 0 Å². The molecule has 0 saturated heterocycles. The minimum atomic E-state index is -0.315. The molecule has 30 heavy (non-hydrogen) atoms. The fourth-order valence-corrected chi connectivity index (χ4v) is 3.83. The molecule has 5 heteroatoms. The van der Waals surface area contributed by atoms with Gasteiger partial charge in [-0.05, 0) is 54.8 Å². The number of benzene rings is 3. The Bertz CT molecular complexity index is 1300. The summed E-state index contributed by atoms with van der Waals surface area (Å²) in [6, 6.07) is 23.4. The lowest BCUT2D eigenvalue weighted by atomic mass is 10.0. The molecule has 5 rings (SSSR count). The second-order valence-electron chi connectivity index (χ2n) is 7.24. The topological polar surface area (TPSA) is 54.4 Å². The van der Waals surface area contributed by atoms with Crippen molar-refractivity contribution < 1.29 is 9.18 Å². The minimum Gasteiger partial charge on any atom is -0.267 e. The number of hydrogen-bond donors (Lipinski definition) is 1. The number of aromatic nitrogens is 1. The molecular weight excluding hydrogens is 377 g/mol. The van der Waals surface area contributed by atoms with Crippen molar-refractivity contribution in [3.05, 3.63) is 101 Å². The molecule has 4 nitrogen and oxygen atoms in total. The van der Waals surface area contributed by atoms with Gasteiger partial charge in [-0.1, -0.05) is 42.5 Å². The Balaban J connectivity index is 1.52. The predicted molar refractivity (Wildman–Crippen MR) is 116 cm³/mol. The molecule has 3 aromatic carbocycles. The number of nitrogens with one attached hydrogen (secondary N) is 1. The summed E-state index contributed by atoms with van der Waals surface area (Å²) in [6.07, 6.45) is 1.73. The summed E-state index contributed by atoms with van der Waals surface area (Å²) in [5.41, 5.74) is 8.48. The third-order valence-corrected chi connectivity index (χ3v) is 5.35. The Labute approximate surface area is 173 Å². The van der Waals surface area contributed by atoms with E-state index >= 15 is 0 Å². The number of nitrogens with zero attached hydrogens (tertiary/aromatic N) is 2. The molecule has 0 bridgehead atoms. The van der Waals surface area contributed by atoms with E-state index in [4.69, 9.17) is 0 Å². The van der Waals surface area contributed by atoms with Crippen LogP contribution in [0.1, 0.15) is 27.9 Å². The molecule has 0 fully saturated rings. The van der Waals surface area contributed by atoms with Gasteiger partial charge >= 0.3 is 0 Å². The van der Waals surface area contributed by atoms with Crippen LogP contribution in [0.5, 0.6) is 0 Å². The van der Waals surface area contributed by atoms with E-state index in [-0.39, 0.29) is 11.7 Å².